The second-order valence-corrected chi connectivity index (χ2v) is 4.62. The fourth-order valence-electron chi connectivity index (χ4n) is 2.07. The number of nitrogens with zero attached hydrogens (tertiary/aromatic N) is 1. The lowest BCUT2D eigenvalue weighted by Gasteiger charge is -2.02. The van der Waals surface area contributed by atoms with Crippen LogP contribution >= 0.6 is 15.9 Å². The van der Waals surface area contributed by atoms with Gasteiger partial charge in [0.25, 0.3) is 0 Å². The van der Waals surface area contributed by atoms with Gasteiger partial charge in [0.1, 0.15) is 0 Å². The minimum atomic E-state index is 0.682. The van der Waals surface area contributed by atoms with Gasteiger partial charge in [-0.25, -0.2) is 0 Å². The molecule has 15 heavy (non-hydrogen) atoms. The van der Waals surface area contributed by atoms with Crippen LogP contribution in [-0.4, -0.2) is 11.1 Å². The van der Waals surface area contributed by atoms with E-state index in [2.05, 4.69) is 52.7 Å². The Bertz CT molecular complexity index is 500. The van der Waals surface area contributed by atoms with Crippen LogP contribution in [0.15, 0.2) is 22.7 Å². The summed E-state index contributed by atoms with van der Waals surface area (Å²) in [6.45, 7) is 2.82. The SMILES string of the molecule is Cc1cccc2c1c(Br)c(CCN)n2C. The van der Waals surface area contributed by atoms with Crippen LogP contribution < -0.4 is 5.73 Å². The van der Waals surface area contributed by atoms with Crippen molar-refractivity contribution >= 4 is 26.8 Å². The maximum Gasteiger partial charge on any atom is 0.0494 e. The summed E-state index contributed by atoms with van der Waals surface area (Å²) in [5.41, 5.74) is 9.48. The Morgan fingerprint density at radius 1 is 1.40 bits per heavy atom. The third-order valence-electron chi connectivity index (χ3n) is 2.87. The Morgan fingerprint density at radius 3 is 2.73 bits per heavy atom. The molecule has 1 heterocycles. The molecule has 80 valence electrons. The summed E-state index contributed by atoms with van der Waals surface area (Å²) in [6.07, 6.45) is 0.908. The number of halogens is 1. The predicted octanol–water partition coefficient (Wildman–Crippen LogP) is 2.75. The highest BCUT2D eigenvalue weighted by Gasteiger charge is 2.13. The van der Waals surface area contributed by atoms with Crippen LogP contribution in [0.1, 0.15) is 11.3 Å². The maximum absolute atomic E-state index is 5.62. The molecule has 0 aliphatic heterocycles. The van der Waals surface area contributed by atoms with Crippen molar-refractivity contribution < 1.29 is 0 Å². The number of aryl methyl sites for hydroxylation is 2. The van der Waals surface area contributed by atoms with Crippen LogP contribution in [0.5, 0.6) is 0 Å². The van der Waals surface area contributed by atoms with Crippen LogP contribution in [0.3, 0.4) is 0 Å². The van der Waals surface area contributed by atoms with E-state index in [1.54, 1.807) is 0 Å². The van der Waals surface area contributed by atoms with Crippen molar-refractivity contribution in [3.8, 4) is 0 Å². The highest BCUT2D eigenvalue weighted by Crippen LogP contribution is 2.32. The Labute approximate surface area is 98.2 Å². The second-order valence-electron chi connectivity index (χ2n) is 3.83. The number of nitrogens with two attached hydrogens (primary N) is 1. The molecular weight excluding hydrogens is 252 g/mol. The first-order valence-electron chi connectivity index (χ1n) is 5.09. The average Bonchev–Trinajstić information content (AvgIpc) is 2.45. The molecule has 0 saturated carbocycles. The first-order chi connectivity index (χ1) is 7.16. The van der Waals surface area contributed by atoms with Crippen LogP contribution in [0, 0.1) is 6.92 Å². The third-order valence-corrected chi connectivity index (χ3v) is 3.73. The first-order valence-corrected chi connectivity index (χ1v) is 5.88. The van der Waals surface area contributed by atoms with E-state index in [1.165, 1.54) is 26.6 Å². The number of fused-ring (bicyclic) bond motifs is 1. The lowest BCUT2D eigenvalue weighted by molar-refractivity contribution is 0.823. The molecule has 2 rings (SSSR count). The van der Waals surface area contributed by atoms with Gasteiger partial charge in [0.15, 0.2) is 0 Å². The summed E-state index contributed by atoms with van der Waals surface area (Å²) in [6, 6.07) is 6.38. The molecule has 2 N–H and O–H groups in total. The van der Waals surface area contributed by atoms with Gasteiger partial charge in [0.05, 0.1) is 0 Å². The maximum atomic E-state index is 5.62. The van der Waals surface area contributed by atoms with Crippen LogP contribution in [0.4, 0.5) is 0 Å². The van der Waals surface area contributed by atoms with E-state index in [1.807, 2.05) is 0 Å². The molecule has 1 aromatic carbocycles. The fraction of sp³-hybridized carbons (Fsp3) is 0.333. The number of rotatable bonds is 2. The molecule has 0 amide bonds. The Morgan fingerprint density at radius 2 is 2.13 bits per heavy atom. The number of aromatic nitrogens is 1. The van der Waals surface area contributed by atoms with Crippen molar-refractivity contribution in [2.45, 2.75) is 13.3 Å². The summed E-state index contributed by atoms with van der Waals surface area (Å²) >= 11 is 3.68. The lowest BCUT2D eigenvalue weighted by Crippen LogP contribution is -2.06. The minimum absolute atomic E-state index is 0.682. The fourth-order valence-corrected chi connectivity index (χ4v) is 3.05. The zero-order valence-electron chi connectivity index (χ0n) is 9.05. The zero-order chi connectivity index (χ0) is 11.0. The van der Waals surface area contributed by atoms with Gasteiger partial charge in [-0.2, -0.15) is 0 Å². The Kier molecular flexibility index (Phi) is 2.85. The molecule has 0 bridgehead atoms. The van der Waals surface area contributed by atoms with Gasteiger partial charge in [0, 0.05) is 34.5 Å². The van der Waals surface area contributed by atoms with Crippen LogP contribution in [-0.2, 0) is 13.5 Å². The Hall–Kier alpha value is -0.800. The number of benzene rings is 1. The smallest absolute Gasteiger partial charge is 0.0494 e. The van der Waals surface area contributed by atoms with E-state index >= 15 is 0 Å². The highest BCUT2D eigenvalue weighted by atomic mass is 79.9. The molecule has 0 aliphatic carbocycles. The molecule has 0 atom stereocenters. The molecule has 0 aliphatic rings. The lowest BCUT2D eigenvalue weighted by atomic mass is 10.1. The van der Waals surface area contributed by atoms with Crippen molar-refractivity contribution in [2.75, 3.05) is 6.54 Å². The molecule has 0 spiro atoms. The van der Waals surface area contributed by atoms with E-state index in [9.17, 15) is 0 Å². The quantitative estimate of drug-likeness (QED) is 0.891. The van der Waals surface area contributed by atoms with E-state index in [-0.39, 0.29) is 0 Å². The molecule has 1 aromatic heterocycles. The molecule has 2 aromatic rings. The topological polar surface area (TPSA) is 30.9 Å². The normalized spacial score (nSPS) is 11.2. The van der Waals surface area contributed by atoms with Gasteiger partial charge in [-0.1, -0.05) is 12.1 Å². The number of hydrogen-bond acceptors (Lipinski definition) is 1. The van der Waals surface area contributed by atoms with Crippen molar-refractivity contribution in [3.05, 3.63) is 33.9 Å². The molecule has 0 radical (unpaired) electrons. The minimum Gasteiger partial charge on any atom is -0.346 e. The molecule has 2 nitrogen and oxygen atoms in total. The monoisotopic (exact) mass is 266 g/mol. The Balaban J connectivity index is 2.79. The van der Waals surface area contributed by atoms with Crippen molar-refractivity contribution in [2.24, 2.45) is 12.8 Å². The second kappa shape index (κ2) is 3.99. The van der Waals surface area contributed by atoms with Crippen LogP contribution in [0.2, 0.25) is 0 Å². The molecule has 0 saturated heterocycles. The largest absolute Gasteiger partial charge is 0.346 e. The summed E-state index contributed by atoms with van der Waals surface area (Å²) in [7, 11) is 2.09. The summed E-state index contributed by atoms with van der Waals surface area (Å²) in [5.74, 6) is 0. The van der Waals surface area contributed by atoms with Crippen molar-refractivity contribution in [1.29, 1.82) is 0 Å². The molecule has 3 heteroatoms. The summed E-state index contributed by atoms with van der Waals surface area (Å²) < 4.78 is 3.42. The van der Waals surface area contributed by atoms with Crippen LogP contribution in [0.25, 0.3) is 10.9 Å². The molecular formula is C12H15BrN2. The molecule has 0 unspecified atom stereocenters. The highest BCUT2D eigenvalue weighted by molar-refractivity contribution is 9.10. The summed E-state index contributed by atoms with van der Waals surface area (Å²) in [4.78, 5) is 0. The average molecular weight is 267 g/mol. The van der Waals surface area contributed by atoms with Crippen molar-refractivity contribution in [1.82, 2.24) is 4.57 Å². The zero-order valence-corrected chi connectivity index (χ0v) is 10.6. The molecule has 0 fully saturated rings. The van der Waals surface area contributed by atoms with Gasteiger partial charge < -0.3 is 10.3 Å². The van der Waals surface area contributed by atoms with E-state index < -0.39 is 0 Å². The van der Waals surface area contributed by atoms with E-state index in [0.29, 0.717) is 6.54 Å². The predicted molar refractivity (Wildman–Crippen MR) is 68.1 cm³/mol. The van der Waals surface area contributed by atoms with Crippen molar-refractivity contribution in [3.63, 3.8) is 0 Å². The van der Waals surface area contributed by atoms with Gasteiger partial charge in [-0.05, 0) is 41.0 Å². The standard InChI is InChI=1S/C12H15BrN2/c1-8-4-3-5-9-11(8)12(13)10(6-7-14)15(9)2/h3-5H,6-7,14H2,1-2H3. The van der Waals surface area contributed by atoms with Gasteiger partial charge in [-0.3, -0.25) is 0 Å². The first kappa shape index (κ1) is 10.7. The van der Waals surface area contributed by atoms with E-state index in [0.717, 1.165) is 6.42 Å². The third kappa shape index (κ3) is 1.60. The van der Waals surface area contributed by atoms with E-state index in [4.69, 9.17) is 5.73 Å². The number of hydrogen-bond donors (Lipinski definition) is 1. The summed E-state index contributed by atoms with van der Waals surface area (Å²) in [5, 5.41) is 1.31. The van der Waals surface area contributed by atoms with Gasteiger partial charge in [0.2, 0.25) is 0 Å². The van der Waals surface area contributed by atoms with Gasteiger partial charge in [-0.15, -0.1) is 0 Å². The van der Waals surface area contributed by atoms with Gasteiger partial charge >= 0.3 is 0 Å².